The molecular formula is C13H15FN2O. The molecule has 1 aromatic carbocycles. The molecule has 0 spiro atoms. The summed E-state index contributed by atoms with van der Waals surface area (Å²) in [5.41, 5.74) is 3.74. The molecule has 0 saturated carbocycles. The number of nitrogens with one attached hydrogen (secondary N) is 1. The van der Waals surface area contributed by atoms with Crippen molar-refractivity contribution < 1.29 is 8.91 Å². The first-order valence-corrected chi connectivity index (χ1v) is 5.49. The van der Waals surface area contributed by atoms with Crippen molar-refractivity contribution in [3.63, 3.8) is 0 Å². The zero-order valence-corrected chi connectivity index (χ0v) is 10.2. The molecule has 0 atom stereocenters. The van der Waals surface area contributed by atoms with Gasteiger partial charge in [0.1, 0.15) is 11.6 Å². The normalized spacial score (nSPS) is 10.6. The fourth-order valence-corrected chi connectivity index (χ4v) is 1.76. The number of hydrogen-bond acceptors (Lipinski definition) is 3. The lowest BCUT2D eigenvalue weighted by Gasteiger charge is -2.09. The Labute approximate surface area is 99.6 Å². The van der Waals surface area contributed by atoms with Crippen molar-refractivity contribution in [1.29, 1.82) is 0 Å². The SMILES string of the molecule is Cc1cc(F)ccc1NCc1c(C)noc1C. The largest absolute Gasteiger partial charge is 0.381 e. The molecule has 1 heterocycles. The van der Waals surface area contributed by atoms with E-state index in [0.717, 1.165) is 28.3 Å². The molecule has 0 radical (unpaired) electrons. The third-order valence-electron chi connectivity index (χ3n) is 2.83. The quantitative estimate of drug-likeness (QED) is 0.885. The van der Waals surface area contributed by atoms with Gasteiger partial charge in [-0.15, -0.1) is 0 Å². The predicted molar refractivity (Wildman–Crippen MR) is 64.4 cm³/mol. The Bertz CT molecular complexity index is 515. The summed E-state index contributed by atoms with van der Waals surface area (Å²) in [6.45, 7) is 6.30. The molecule has 0 unspecified atom stereocenters. The van der Waals surface area contributed by atoms with E-state index in [1.54, 1.807) is 6.07 Å². The fourth-order valence-electron chi connectivity index (χ4n) is 1.76. The average Bonchev–Trinajstić information content (AvgIpc) is 2.58. The van der Waals surface area contributed by atoms with E-state index >= 15 is 0 Å². The van der Waals surface area contributed by atoms with Gasteiger partial charge < -0.3 is 9.84 Å². The Morgan fingerprint density at radius 2 is 2.06 bits per heavy atom. The van der Waals surface area contributed by atoms with Gasteiger partial charge in [0, 0.05) is 17.8 Å². The summed E-state index contributed by atoms with van der Waals surface area (Å²) in [7, 11) is 0. The van der Waals surface area contributed by atoms with E-state index in [1.807, 2.05) is 20.8 Å². The smallest absolute Gasteiger partial charge is 0.138 e. The monoisotopic (exact) mass is 234 g/mol. The maximum atomic E-state index is 12.9. The molecule has 90 valence electrons. The lowest BCUT2D eigenvalue weighted by atomic mass is 10.1. The van der Waals surface area contributed by atoms with Crippen molar-refractivity contribution in [3.05, 3.63) is 46.6 Å². The van der Waals surface area contributed by atoms with Crippen LogP contribution in [0.1, 0.15) is 22.6 Å². The highest BCUT2D eigenvalue weighted by Gasteiger charge is 2.08. The molecule has 0 aliphatic carbocycles. The van der Waals surface area contributed by atoms with Crippen LogP contribution in [0.5, 0.6) is 0 Å². The fraction of sp³-hybridized carbons (Fsp3) is 0.308. The Morgan fingerprint density at radius 1 is 1.29 bits per heavy atom. The first-order valence-electron chi connectivity index (χ1n) is 5.49. The Kier molecular flexibility index (Phi) is 3.13. The summed E-state index contributed by atoms with van der Waals surface area (Å²) in [6, 6.07) is 4.70. The molecule has 0 fully saturated rings. The molecule has 0 bridgehead atoms. The molecule has 1 aromatic heterocycles. The molecule has 3 nitrogen and oxygen atoms in total. The standard InChI is InChI=1S/C13H15FN2O/c1-8-6-11(14)4-5-13(8)15-7-12-9(2)16-17-10(12)3/h4-6,15H,7H2,1-3H3. The van der Waals surface area contributed by atoms with Crippen molar-refractivity contribution in [2.75, 3.05) is 5.32 Å². The summed E-state index contributed by atoms with van der Waals surface area (Å²) >= 11 is 0. The molecular weight excluding hydrogens is 219 g/mol. The van der Waals surface area contributed by atoms with Crippen molar-refractivity contribution >= 4 is 5.69 Å². The molecule has 17 heavy (non-hydrogen) atoms. The summed E-state index contributed by atoms with van der Waals surface area (Å²) in [5.74, 6) is 0.597. The molecule has 0 amide bonds. The van der Waals surface area contributed by atoms with Gasteiger partial charge in [0.25, 0.3) is 0 Å². The van der Waals surface area contributed by atoms with Gasteiger partial charge in [0.15, 0.2) is 0 Å². The number of aromatic nitrogens is 1. The Morgan fingerprint density at radius 3 is 2.65 bits per heavy atom. The average molecular weight is 234 g/mol. The van der Waals surface area contributed by atoms with Gasteiger partial charge >= 0.3 is 0 Å². The van der Waals surface area contributed by atoms with E-state index in [9.17, 15) is 4.39 Å². The highest BCUT2D eigenvalue weighted by atomic mass is 19.1. The van der Waals surface area contributed by atoms with Crippen LogP contribution < -0.4 is 5.32 Å². The third kappa shape index (κ3) is 2.46. The van der Waals surface area contributed by atoms with Crippen LogP contribution in [0, 0.1) is 26.6 Å². The van der Waals surface area contributed by atoms with Crippen molar-refractivity contribution in [2.24, 2.45) is 0 Å². The van der Waals surface area contributed by atoms with E-state index in [2.05, 4.69) is 10.5 Å². The molecule has 2 rings (SSSR count). The number of hydrogen-bond donors (Lipinski definition) is 1. The minimum Gasteiger partial charge on any atom is -0.381 e. The van der Waals surface area contributed by atoms with Crippen LogP contribution in [0.4, 0.5) is 10.1 Å². The Hall–Kier alpha value is -1.84. The van der Waals surface area contributed by atoms with Crippen molar-refractivity contribution in [2.45, 2.75) is 27.3 Å². The number of aryl methyl sites for hydroxylation is 3. The lowest BCUT2D eigenvalue weighted by molar-refractivity contribution is 0.392. The predicted octanol–water partition coefficient (Wildman–Crippen LogP) is 3.35. The van der Waals surface area contributed by atoms with Gasteiger partial charge in [-0.2, -0.15) is 0 Å². The van der Waals surface area contributed by atoms with Crippen LogP contribution in [-0.4, -0.2) is 5.16 Å². The first-order chi connectivity index (χ1) is 8.08. The molecule has 0 aliphatic heterocycles. The second-order valence-corrected chi connectivity index (χ2v) is 4.12. The number of benzene rings is 1. The summed E-state index contributed by atoms with van der Waals surface area (Å²) in [5, 5.41) is 7.15. The van der Waals surface area contributed by atoms with Crippen LogP contribution in [-0.2, 0) is 6.54 Å². The maximum Gasteiger partial charge on any atom is 0.138 e. The second kappa shape index (κ2) is 4.57. The molecule has 1 N–H and O–H groups in total. The van der Waals surface area contributed by atoms with Gasteiger partial charge in [-0.3, -0.25) is 0 Å². The van der Waals surface area contributed by atoms with Crippen molar-refractivity contribution in [1.82, 2.24) is 5.16 Å². The van der Waals surface area contributed by atoms with Crippen LogP contribution in [0.15, 0.2) is 22.7 Å². The number of anilines is 1. The van der Waals surface area contributed by atoms with Crippen LogP contribution in [0.3, 0.4) is 0 Å². The minimum atomic E-state index is -0.217. The molecule has 2 aromatic rings. The second-order valence-electron chi connectivity index (χ2n) is 4.12. The van der Waals surface area contributed by atoms with Gasteiger partial charge in [0.05, 0.1) is 5.69 Å². The molecule has 0 saturated heterocycles. The minimum absolute atomic E-state index is 0.217. The van der Waals surface area contributed by atoms with E-state index in [-0.39, 0.29) is 5.82 Å². The Balaban J connectivity index is 2.13. The van der Waals surface area contributed by atoms with E-state index in [4.69, 9.17) is 4.52 Å². The summed E-state index contributed by atoms with van der Waals surface area (Å²) in [6.07, 6.45) is 0. The zero-order chi connectivity index (χ0) is 12.4. The van der Waals surface area contributed by atoms with E-state index in [0.29, 0.717) is 6.54 Å². The number of nitrogens with zero attached hydrogens (tertiary/aromatic N) is 1. The number of halogens is 1. The lowest BCUT2D eigenvalue weighted by Crippen LogP contribution is -2.02. The van der Waals surface area contributed by atoms with Crippen LogP contribution in [0.2, 0.25) is 0 Å². The van der Waals surface area contributed by atoms with Gasteiger partial charge in [-0.05, 0) is 44.5 Å². The summed E-state index contributed by atoms with van der Waals surface area (Å²) in [4.78, 5) is 0. The highest BCUT2D eigenvalue weighted by Crippen LogP contribution is 2.19. The number of rotatable bonds is 3. The first kappa shape index (κ1) is 11.6. The third-order valence-corrected chi connectivity index (χ3v) is 2.83. The van der Waals surface area contributed by atoms with Crippen LogP contribution >= 0.6 is 0 Å². The molecule has 0 aliphatic rings. The summed E-state index contributed by atoms with van der Waals surface area (Å²) < 4.78 is 18.0. The maximum absolute atomic E-state index is 12.9. The highest BCUT2D eigenvalue weighted by molar-refractivity contribution is 5.51. The van der Waals surface area contributed by atoms with Crippen molar-refractivity contribution in [3.8, 4) is 0 Å². The topological polar surface area (TPSA) is 38.1 Å². The van der Waals surface area contributed by atoms with E-state index in [1.165, 1.54) is 12.1 Å². The zero-order valence-electron chi connectivity index (χ0n) is 10.2. The molecule has 4 heteroatoms. The van der Waals surface area contributed by atoms with Gasteiger partial charge in [-0.1, -0.05) is 5.16 Å². The van der Waals surface area contributed by atoms with Crippen LogP contribution in [0.25, 0.3) is 0 Å². The van der Waals surface area contributed by atoms with Gasteiger partial charge in [0.2, 0.25) is 0 Å². The van der Waals surface area contributed by atoms with Gasteiger partial charge in [-0.25, -0.2) is 4.39 Å². The van der Waals surface area contributed by atoms with E-state index < -0.39 is 0 Å².